The van der Waals surface area contributed by atoms with Crippen molar-refractivity contribution >= 4 is 22.9 Å². The highest BCUT2D eigenvalue weighted by Crippen LogP contribution is 2.21. The Labute approximate surface area is 125 Å². The van der Waals surface area contributed by atoms with Gasteiger partial charge in [-0.3, -0.25) is 0 Å². The van der Waals surface area contributed by atoms with Crippen LogP contribution in [-0.4, -0.2) is 11.5 Å². The molecule has 6 heteroatoms. The maximum absolute atomic E-state index is 13.8. The first-order valence-corrected chi connectivity index (χ1v) is 6.65. The summed E-state index contributed by atoms with van der Waals surface area (Å²) in [6.45, 7) is 0.268. The van der Waals surface area contributed by atoms with E-state index in [1.807, 2.05) is 0 Å². The van der Waals surface area contributed by atoms with Crippen molar-refractivity contribution in [1.82, 2.24) is 0 Å². The molecule has 0 saturated carbocycles. The van der Waals surface area contributed by atoms with Gasteiger partial charge in [-0.1, -0.05) is 24.4 Å². The summed E-state index contributed by atoms with van der Waals surface area (Å²) < 4.78 is 40.6. The van der Waals surface area contributed by atoms with Gasteiger partial charge < -0.3 is 11.1 Å². The Hall–Kier alpha value is -2.08. The van der Waals surface area contributed by atoms with Gasteiger partial charge in [0.25, 0.3) is 0 Å². The van der Waals surface area contributed by atoms with Gasteiger partial charge in [0.15, 0.2) is 0 Å². The molecule has 0 amide bonds. The third-order valence-corrected chi connectivity index (χ3v) is 3.17. The zero-order valence-corrected chi connectivity index (χ0v) is 11.8. The molecule has 3 N–H and O–H groups in total. The second-order valence-electron chi connectivity index (χ2n) is 4.49. The van der Waals surface area contributed by atoms with E-state index in [1.54, 1.807) is 12.1 Å². The quantitative estimate of drug-likeness (QED) is 0.831. The Morgan fingerprint density at radius 1 is 1.10 bits per heavy atom. The zero-order valence-electron chi connectivity index (χ0n) is 11.0. The van der Waals surface area contributed by atoms with Crippen LogP contribution in [0.4, 0.5) is 18.9 Å². The van der Waals surface area contributed by atoms with Gasteiger partial charge in [-0.25, -0.2) is 13.2 Å². The summed E-state index contributed by atoms with van der Waals surface area (Å²) in [6.07, 6.45) is 0.438. The smallest absolute Gasteiger partial charge is 0.150 e. The molecule has 0 fully saturated rings. The highest BCUT2D eigenvalue weighted by molar-refractivity contribution is 7.80. The number of halogens is 3. The molecule has 110 valence electrons. The van der Waals surface area contributed by atoms with Gasteiger partial charge >= 0.3 is 0 Å². The molecule has 0 atom stereocenters. The number of anilines is 1. The molecule has 0 aromatic heterocycles. The van der Waals surface area contributed by atoms with E-state index in [-0.39, 0.29) is 28.6 Å². The summed E-state index contributed by atoms with van der Waals surface area (Å²) in [6, 6.07) is 8.21. The van der Waals surface area contributed by atoms with Crippen molar-refractivity contribution in [2.45, 2.75) is 6.42 Å². The van der Waals surface area contributed by atoms with Gasteiger partial charge in [0.1, 0.15) is 28.1 Å². The van der Waals surface area contributed by atoms with E-state index in [0.29, 0.717) is 6.42 Å². The number of thiocarbonyl (C=S) groups is 1. The molecule has 2 rings (SSSR count). The maximum Gasteiger partial charge on any atom is 0.150 e. The molecule has 21 heavy (non-hydrogen) atoms. The fraction of sp³-hybridized carbons (Fsp3) is 0.133. The van der Waals surface area contributed by atoms with Gasteiger partial charge in [0.2, 0.25) is 0 Å². The van der Waals surface area contributed by atoms with Crippen LogP contribution < -0.4 is 11.1 Å². The topological polar surface area (TPSA) is 38.0 Å². The van der Waals surface area contributed by atoms with E-state index >= 15 is 0 Å². The Kier molecular flexibility index (Phi) is 4.80. The molecule has 0 aliphatic rings. The zero-order chi connectivity index (χ0) is 15.4. The minimum Gasteiger partial charge on any atom is -0.389 e. The SMILES string of the molecule is NC(=S)c1cc(F)c(NCCc2cccc(F)c2)c(F)c1. The van der Waals surface area contributed by atoms with Crippen LogP contribution in [0.5, 0.6) is 0 Å². The van der Waals surface area contributed by atoms with Crippen molar-refractivity contribution in [1.29, 1.82) is 0 Å². The molecule has 0 aliphatic heterocycles. The lowest BCUT2D eigenvalue weighted by Crippen LogP contribution is -2.13. The summed E-state index contributed by atoms with van der Waals surface area (Å²) in [5, 5.41) is 2.66. The first-order chi connectivity index (χ1) is 9.97. The third kappa shape index (κ3) is 3.95. The third-order valence-electron chi connectivity index (χ3n) is 2.93. The summed E-state index contributed by atoms with van der Waals surface area (Å²) in [4.78, 5) is -0.0703. The Bertz CT molecular complexity index is 651. The predicted octanol–water partition coefficient (Wildman–Crippen LogP) is 3.39. The van der Waals surface area contributed by atoms with Crippen molar-refractivity contribution in [3.05, 3.63) is 65.0 Å². The first kappa shape index (κ1) is 15.3. The molecular formula is C15H13F3N2S. The normalized spacial score (nSPS) is 10.4. The fourth-order valence-electron chi connectivity index (χ4n) is 1.91. The highest BCUT2D eigenvalue weighted by atomic mass is 32.1. The van der Waals surface area contributed by atoms with Gasteiger partial charge in [0, 0.05) is 12.1 Å². The predicted molar refractivity (Wildman–Crippen MR) is 80.8 cm³/mol. The molecule has 2 aromatic carbocycles. The lowest BCUT2D eigenvalue weighted by Gasteiger charge is -2.10. The van der Waals surface area contributed by atoms with Crippen LogP contribution in [0.1, 0.15) is 11.1 Å². The van der Waals surface area contributed by atoms with E-state index in [0.717, 1.165) is 17.7 Å². The van der Waals surface area contributed by atoms with E-state index in [2.05, 4.69) is 17.5 Å². The van der Waals surface area contributed by atoms with Crippen LogP contribution in [0.15, 0.2) is 36.4 Å². The van der Waals surface area contributed by atoms with Gasteiger partial charge in [0.05, 0.1) is 0 Å². The first-order valence-electron chi connectivity index (χ1n) is 6.24. The van der Waals surface area contributed by atoms with Crippen molar-refractivity contribution in [2.75, 3.05) is 11.9 Å². The second-order valence-corrected chi connectivity index (χ2v) is 4.93. The number of hydrogen-bond acceptors (Lipinski definition) is 2. The van der Waals surface area contributed by atoms with Crippen LogP contribution in [0.3, 0.4) is 0 Å². The number of rotatable bonds is 5. The fourth-order valence-corrected chi connectivity index (χ4v) is 2.03. The van der Waals surface area contributed by atoms with Crippen molar-refractivity contribution in [2.24, 2.45) is 5.73 Å². The lowest BCUT2D eigenvalue weighted by molar-refractivity contribution is 0.587. The van der Waals surface area contributed by atoms with E-state index in [1.165, 1.54) is 12.1 Å². The molecule has 2 aromatic rings. The van der Waals surface area contributed by atoms with E-state index in [9.17, 15) is 13.2 Å². The van der Waals surface area contributed by atoms with Crippen LogP contribution in [0.2, 0.25) is 0 Å². The highest BCUT2D eigenvalue weighted by Gasteiger charge is 2.12. The summed E-state index contributed by atoms with van der Waals surface area (Å²) in [5.74, 6) is -1.88. The number of nitrogens with two attached hydrogens (primary N) is 1. The van der Waals surface area contributed by atoms with Crippen molar-refractivity contribution < 1.29 is 13.2 Å². The standard InChI is InChI=1S/C15H13F3N2S/c16-11-3-1-2-9(6-11)4-5-20-14-12(17)7-10(15(19)21)8-13(14)18/h1-3,6-8,20H,4-5H2,(H2,19,21). The number of hydrogen-bond donors (Lipinski definition) is 2. The average Bonchev–Trinajstić information content (AvgIpc) is 2.41. The number of benzene rings is 2. The van der Waals surface area contributed by atoms with Gasteiger partial charge in [-0.15, -0.1) is 0 Å². The molecule has 0 spiro atoms. The van der Waals surface area contributed by atoms with Crippen LogP contribution >= 0.6 is 12.2 Å². The number of nitrogens with one attached hydrogen (secondary N) is 1. The minimum atomic E-state index is -0.767. The molecular weight excluding hydrogens is 297 g/mol. The van der Waals surface area contributed by atoms with Crippen LogP contribution in [-0.2, 0) is 6.42 Å². The molecule has 0 bridgehead atoms. The lowest BCUT2D eigenvalue weighted by atomic mass is 10.1. The van der Waals surface area contributed by atoms with Crippen molar-refractivity contribution in [3.8, 4) is 0 Å². The van der Waals surface area contributed by atoms with Crippen LogP contribution in [0, 0.1) is 17.5 Å². The molecule has 0 saturated heterocycles. The van der Waals surface area contributed by atoms with Gasteiger partial charge in [-0.2, -0.15) is 0 Å². The maximum atomic E-state index is 13.8. The second kappa shape index (κ2) is 6.58. The molecule has 0 aliphatic carbocycles. The van der Waals surface area contributed by atoms with Crippen LogP contribution in [0.25, 0.3) is 0 Å². The Morgan fingerprint density at radius 3 is 2.33 bits per heavy atom. The minimum absolute atomic E-state index is 0.0703. The summed E-state index contributed by atoms with van der Waals surface area (Å²) >= 11 is 4.68. The Balaban J connectivity index is 2.05. The average molecular weight is 310 g/mol. The molecule has 2 nitrogen and oxygen atoms in total. The molecule has 0 radical (unpaired) electrons. The molecule has 0 unspecified atom stereocenters. The largest absolute Gasteiger partial charge is 0.389 e. The monoisotopic (exact) mass is 310 g/mol. The molecule has 0 heterocycles. The Morgan fingerprint density at radius 2 is 1.76 bits per heavy atom. The van der Waals surface area contributed by atoms with E-state index in [4.69, 9.17) is 5.73 Å². The summed E-state index contributed by atoms with van der Waals surface area (Å²) in [5.41, 5.74) is 5.96. The van der Waals surface area contributed by atoms with Gasteiger partial charge in [-0.05, 0) is 36.2 Å². The summed E-state index contributed by atoms with van der Waals surface area (Å²) in [7, 11) is 0. The van der Waals surface area contributed by atoms with Crippen molar-refractivity contribution in [3.63, 3.8) is 0 Å². The van der Waals surface area contributed by atoms with E-state index < -0.39 is 11.6 Å².